The molecule has 6 nitrogen and oxygen atoms in total. The van der Waals surface area contributed by atoms with E-state index in [0.29, 0.717) is 18.2 Å². The van der Waals surface area contributed by atoms with Gasteiger partial charge in [0.1, 0.15) is 11.6 Å². The zero-order valence-corrected chi connectivity index (χ0v) is 15.3. The zero-order valence-electron chi connectivity index (χ0n) is 13.7. The van der Waals surface area contributed by atoms with Gasteiger partial charge in [0.25, 0.3) is 0 Å². The van der Waals surface area contributed by atoms with E-state index in [4.69, 9.17) is 4.74 Å². The maximum absolute atomic E-state index is 5.24. The molecule has 0 aliphatic rings. The molecule has 0 spiro atoms. The molecular formula is C17H18BrN5O. The zero-order chi connectivity index (χ0) is 17.1. The molecule has 124 valence electrons. The third-order valence-corrected chi connectivity index (χ3v) is 4.16. The second-order valence-electron chi connectivity index (χ2n) is 5.42. The lowest BCUT2D eigenvalue weighted by molar-refractivity contribution is 0.412. The van der Waals surface area contributed by atoms with Crippen LogP contribution in [0.3, 0.4) is 0 Å². The highest BCUT2D eigenvalue weighted by Crippen LogP contribution is 2.25. The van der Waals surface area contributed by atoms with Crippen molar-refractivity contribution >= 4 is 21.7 Å². The molecule has 3 aromatic rings. The third-order valence-electron chi connectivity index (χ3n) is 3.54. The Balaban J connectivity index is 1.75. The Hall–Kier alpha value is -2.41. The van der Waals surface area contributed by atoms with Crippen LogP contribution < -0.4 is 10.1 Å². The topological polar surface area (TPSA) is 64.9 Å². The van der Waals surface area contributed by atoms with Crippen LogP contribution in [0.1, 0.15) is 17.0 Å². The van der Waals surface area contributed by atoms with E-state index < -0.39 is 0 Å². The Morgan fingerprint density at radius 2 is 2.04 bits per heavy atom. The average Bonchev–Trinajstić information content (AvgIpc) is 2.92. The minimum Gasteiger partial charge on any atom is -0.496 e. The number of anilines is 1. The van der Waals surface area contributed by atoms with Crippen LogP contribution >= 0.6 is 15.9 Å². The third kappa shape index (κ3) is 3.56. The van der Waals surface area contributed by atoms with Gasteiger partial charge in [0, 0.05) is 12.2 Å². The Bertz CT molecular complexity index is 862. The highest BCUT2D eigenvalue weighted by Gasteiger charge is 2.07. The second-order valence-corrected chi connectivity index (χ2v) is 6.28. The fourth-order valence-corrected chi connectivity index (χ4v) is 3.00. The van der Waals surface area contributed by atoms with Crippen molar-refractivity contribution in [1.82, 2.24) is 19.7 Å². The van der Waals surface area contributed by atoms with Crippen LogP contribution in [-0.2, 0) is 6.54 Å². The Labute approximate surface area is 149 Å². The van der Waals surface area contributed by atoms with Gasteiger partial charge in [0.2, 0.25) is 0 Å². The minimum atomic E-state index is 0.637. The number of ether oxygens (including phenoxy) is 1. The maximum Gasteiger partial charge on any atom is 0.174 e. The molecule has 0 aliphatic heterocycles. The van der Waals surface area contributed by atoms with E-state index in [2.05, 4.69) is 36.3 Å². The number of aryl methyl sites for hydroxylation is 2. The fourth-order valence-electron chi connectivity index (χ4n) is 2.42. The number of aromatic nitrogens is 4. The number of benzene rings is 1. The quantitative estimate of drug-likeness (QED) is 0.723. The van der Waals surface area contributed by atoms with Crippen LogP contribution in [-0.4, -0.2) is 26.9 Å². The average molecular weight is 388 g/mol. The van der Waals surface area contributed by atoms with E-state index in [-0.39, 0.29) is 0 Å². The highest BCUT2D eigenvalue weighted by atomic mass is 79.9. The van der Waals surface area contributed by atoms with E-state index in [9.17, 15) is 0 Å². The van der Waals surface area contributed by atoms with Gasteiger partial charge in [-0.15, -0.1) is 0 Å². The molecule has 3 rings (SSSR count). The van der Waals surface area contributed by atoms with Crippen LogP contribution in [0.2, 0.25) is 0 Å². The molecule has 7 heteroatoms. The summed E-state index contributed by atoms with van der Waals surface area (Å²) in [4.78, 5) is 8.83. The van der Waals surface area contributed by atoms with Crippen molar-refractivity contribution < 1.29 is 4.74 Å². The molecule has 1 N–H and O–H groups in total. The Morgan fingerprint density at radius 3 is 2.71 bits per heavy atom. The summed E-state index contributed by atoms with van der Waals surface area (Å²) in [5.74, 6) is 2.21. The number of rotatable bonds is 5. The number of hydrogen-bond donors (Lipinski definition) is 1. The van der Waals surface area contributed by atoms with E-state index in [1.54, 1.807) is 24.2 Å². The standard InChI is InChI=1S/C17H18BrN5O/c1-11-6-12(2)23(22-11)17-10-19-9-16(21-17)20-8-13-4-5-15(24-3)14(18)7-13/h4-7,9-10H,8H2,1-3H3,(H,20,21). The van der Waals surface area contributed by atoms with Crippen molar-refractivity contribution in [2.75, 3.05) is 12.4 Å². The largest absolute Gasteiger partial charge is 0.496 e. The summed E-state index contributed by atoms with van der Waals surface area (Å²) < 4.78 is 7.95. The maximum atomic E-state index is 5.24. The predicted molar refractivity (Wildman–Crippen MR) is 96.6 cm³/mol. The molecule has 0 radical (unpaired) electrons. The first kappa shape index (κ1) is 16.4. The number of hydrogen-bond acceptors (Lipinski definition) is 5. The van der Waals surface area contributed by atoms with Gasteiger partial charge < -0.3 is 10.1 Å². The van der Waals surface area contributed by atoms with Crippen molar-refractivity contribution in [2.45, 2.75) is 20.4 Å². The van der Waals surface area contributed by atoms with Crippen molar-refractivity contribution in [3.05, 3.63) is 58.1 Å². The van der Waals surface area contributed by atoms with Crippen LogP contribution in [0, 0.1) is 13.8 Å². The summed E-state index contributed by atoms with van der Waals surface area (Å²) in [6.45, 7) is 4.59. The van der Waals surface area contributed by atoms with E-state index in [1.165, 1.54) is 0 Å². The lowest BCUT2D eigenvalue weighted by Crippen LogP contribution is -2.07. The van der Waals surface area contributed by atoms with E-state index in [0.717, 1.165) is 27.2 Å². The number of nitrogens with zero attached hydrogens (tertiary/aromatic N) is 4. The van der Waals surface area contributed by atoms with Gasteiger partial charge in [0.15, 0.2) is 5.82 Å². The summed E-state index contributed by atoms with van der Waals surface area (Å²) in [7, 11) is 1.65. The monoisotopic (exact) mass is 387 g/mol. The molecule has 1 aromatic carbocycles. The van der Waals surface area contributed by atoms with Crippen molar-refractivity contribution in [3.8, 4) is 11.6 Å². The first-order valence-electron chi connectivity index (χ1n) is 7.49. The molecule has 0 amide bonds. The molecule has 0 saturated heterocycles. The van der Waals surface area contributed by atoms with Gasteiger partial charge in [-0.05, 0) is 53.5 Å². The van der Waals surface area contributed by atoms with Crippen LogP contribution in [0.5, 0.6) is 5.75 Å². The molecule has 0 unspecified atom stereocenters. The minimum absolute atomic E-state index is 0.637. The first-order chi connectivity index (χ1) is 11.6. The van der Waals surface area contributed by atoms with Crippen LogP contribution in [0.25, 0.3) is 5.82 Å². The van der Waals surface area contributed by atoms with Gasteiger partial charge in [-0.3, -0.25) is 4.98 Å². The smallest absolute Gasteiger partial charge is 0.174 e. The molecule has 24 heavy (non-hydrogen) atoms. The van der Waals surface area contributed by atoms with E-state index in [1.807, 2.05) is 38.1 Å². The summed E-state index contributed by atoms with van der Waals surface area (Å²) in [6.07, 6.45) is 3.41. The van der Waals surface area contributed by atoms with Crippen molar-refractivity contribution in [3.63, 3.8) is 0 Å². The van der Waals surface area contributed by atoms with Crippen LogP contribution in [0.15, 0.2) is 41.1 Å². The van der Waals surface area contributed by atoms with Crippen molar-refractivity contribution in [1.29, 1.82) is 0 Å². The first-order valence-corrected chi connectivity index (χ1v) is 8.28. The van der Waals surface area contributed by atoms with Gasteiger partial charge in [-0.25, -0.2) is 9.67 Å². The molecular weight excluding hydrogens is 370 g/mol. The van der Waals surface area contributed by atoms with E-state index >= 15 is 0 Å². The van der Waals surface area contributed by atoms with Crippen molar-refractivity contribution in [2.24, 2.45) is 0 Å². The molecule has 0 aliphatic carbocycles. The predicted octanol–water partition coefficient (Wildman–Crippen LogP) is 3.66. The summed E-state index contributed by atoms with van der Waals surface area (Å²) in [6, 6.07) is 7.97. The van der Waals surface area contributed by atoms with Gasteiger partial charge >= 0.3 is 0 Å². The van der Waals surface area contributed by atoms with Gasteiger partial charge in [0.05, 0.1) is 29.7 Å². The Kier molecular flexibility index (Phi) is 4.80. The lowest BCUT2D eigenvalue weighted by atomic mass is 10.2. The molecule has 2 heterocycles. The molecule has 0 saturated carbocycles. The summed E-state index contributed by atoms with van der Waals surface area (Å²) in [5.41, 5.74) is 3.09. The Morgan fingerprint density at radius 1 is 1.21 bits per heavy atom. The lowest BCUT2D eigenvalue weighted by Gasteiger charge is -2.09. The molecule has 0 atom stereocenters. The summed E-state index contributed by atoms with van der Waals surface area (Å²) >= 11 is 3.49. The van der Waals surface area contributed by atoms with Gasteiger partial charge in [-0.2, -0.15) is 5.10 Å². The SMILES string of the molecule is COc1ccc(CNc2cncc(-n3nc(C)cc3C)n2)cc1Br. The summed E-state index contributed by atoms with van der Waals surface area (Å²) in [5, 5.41) is 7.72. The highest BCUT2D eigenvalue weighted by molar-refractivity contribution is 9.10. The molecule has 2 aromatic heterocycles. The number of nitrogens with one attached hydrogen (secondary N) is 1. The fraction of sp³-hybridized carbons (Fsp3) is 0.235. The second kappa shape index (κ2) is 7.00. The number of halogens is 1. The molecule has 0 fully saturated rings. The number of methoxy groups -OCH3 is 1. The normalized spacial score (nSPS) is 10.7. The van der Waals surface area contributed by atoms with Gasteiger partial charge in [-0.1, -0.05) is 6.07 Å². The van der Waals surface area contributed by atoms with Crippen LogP contribution in [0.4, 0.5) is 5.82 Å². The molecule has 0 bridgehead atoms.